The molecule has 0 spiro atoms. The summed E-state index contributed by atoms with van der Waals surface area (Å²) in [6.07, 6.45) is 2.67. The first kappa shape index (κ1) is 14.3. The summed E-state index contributed by atoms with van der Waals surface area (Å²) in [6, 6.07) is 8.06. The highest BCUT2D eigenvalue weighted by Crippen LogP contribution is 2.26. The summed E-state index contributed by atoms with van der Waals surface area (Å²) in [5.74, 6) is 0.908. The average molecular weight is 278 g/mol. The molecule has 0 amide bonds. The Morgan fingerprint density at radius 1 is 1.37 bits per heavy atom. The van der Waals surface area contributed by atoms with Gasteiger partial charge in [0.05, 0.1) is 12.6 Å². The SMILES string of the molecule is CCCC1CN=C(Nc2ccc(OC(C)C)cc2)S1. The molecule has 4 heteroatoms. The number of hydrogen-bond donors (Lipinski definition) is 1. The lowest BCUT2D eigenvalue weighted by Crippen LogP contribution is -2.08. The summed E-state index contributed by atoms with van der Waals surface area (Å²) in [6.45, 7) is 7.22. The van der Waals surface area contributed by atoms with Crippen molar-refractivity contribution in [3.63, 3.8) is 0 Å². The van der Waals surface area contributed by atoms with E-state index >= 15 is 0 Å². The first-order chi connectivity index (χ1) is 9.17. The first-order valence-corrected chi connectivity index (χ1v) is 7.80. The van der Waals surface area contributed by atoms with E-state index in [1.54, 1.807) is 0 Å². The van der Waals surface area contributed by atoms with E-state index in [2.05, 4.69) is 17.2 Å². The molecule has 1 aromatic rings. The predicted molar refractivity (Wildman–Crippen MR) is 84.4 cm³/mol. The zero-order valence-electron chi connectivity index (χ0n) is 11.8. The molecule has 1 heterocycles. The number of anilines is 1. The molecule has 0 saturated heterocycles. The lowest BCUT2D eigenvalue weighted by atomic mass is 10.2. The summed E-state index contributed by atoms with van der Waals surface area (Å²) in [5, 5.41) is 5.05. The van der Waals surface area contributed by atoms with Crippen LogP contribution in [0.1, 0.15) is 33.6 Å². The molecule has 1 N–H and O–H groups in total. The predicted octanol–water partition coefficient (Wildman–Crippen LogP) is 4.16. The highest BCUT2D eigenvalue weighted by atomic mass is 32.2. The molecule has 1 aliphatic rings. The van der Waals surface area contributed by atoms with Gasteiger partial charge in [-0.3, -0.25) is 4.99 Å². The fourth-order valence-corrected chi connectivity index (χ4v) is 3.12. The Bertz CT molecular complexity index is 428. The minimum atomic E-state index is 0.211. The summed E-state index contributed by atoms with van der Waals surface area (Å²) in [4.78, 5) is 4.54. The molecule has 0 radical (unpaired) electrons. The standard InChI is InChI=1S/C15H22N2OS/c1-4-5-14-10-16-15(19-14)17-12-6-8-13(9-7-12)18-11(2)3/h6-9,11,14H,4-5,10H2,1-3H3,(H,16,17). The maximum absolute atomic E-state index is 5.62. The molecule has 2 rings (SSSR count). The van der Waals surface area contributed by atoms with Crippen LogP contribution in [-0.2, 0) is 0 Å². The maximum Gasteiger partial charge on any atom is 0.161 e. The van der Waals surface area contributed by atoms with Gasteiger partial charge in [-0.15, -0.1) is 0 Å². The molecule has 1 aliphatic heterocycles. The van der Waals surface area contributed by atoms with Crippen LogP contribution in [0.15, 0.2) is 29.3 Å². The van der Waals surface area contributed by atoms with Crippen molar-refractivity contribution in [1.82, 2.24) is 0 Å². The number of benzene rings is 1. The van der Waals surface area contributed by atoms with Crippen molar-refractivity contribution in [2.24, 2.45) is 4.99 Å². The molecule has 0 aromatic heterocycles. The maximum atomic E-state index is 5.62. The van der Waals surface area contributed by atoms with Crippen molar-refractivity contribution < 1.29 is 4.74 Å². The van der Waals surface area contributed by atoms with Crippen LogP contribution in [0.3, 0.4) is 0 Å². The van der Waals surface area contributed by atoms with E-state index in [-0.39, 0.29) is 6.10 Å². The van der Waals surface area contributed by atoms with Gasteiger partial charge in [0, 0.05) is 10.9 Å². The van der Waals surface area contributed by atoms with Crippen LogP contribution in [0.25, 0.3) is 0 Å². The normalized spacial score (nSPS) is 18.5. The second-order valence-electron chi connectivity index (χ2n) is 4.99. The average Bonchev–Trinajstić information content (AvgIpc) is 2.79. The van der Waals surface area contributed by atoms with E-state index in [1.165, 1.54) is 12.8 Å². The number of hydrogen-bond acceptors (Lipinski definition) is 4. The molecule has 3 nitrogen and oxygen atoms in total. The van der Waals surface area contributed by atoms with Crippen LogP contribution < -0.4 is 10.1 Å². The van der Waals surface area contributed by atoms with Gasteiger partial charge in [-0.25, -0.2) is 0 Å². The van der Waals surface area contributed by atoms with Gasteiger partial charge in [0.25, 0.3) is 0 Å². The zero-order chi connectivity index (χ0) is 13.7. The Balaban J connectivity index is 1.87. The highest BCUT2D eigenvalue weighted by Gasteiger charge is 2.18. The van der Waals surface area contributed by atoms with Gasteiger partial charge in [0.15, 0.2) is 5.17 Å². The van der Waals surface area contributed by atoms with Crippen molar-refractivity contribution in [1.29, 1.82) is 0 Å². The molecule has 104 valence electrons. The van der Waals surface area contributed by atoms with Crippen molar-refractivity contribution in [2.75, 3.05) is 11.9 Å². The van der Waals surface area contributed by atoms with Gasteiger partial charge in [0.1, 0.15) is 5.75 Å². The quantitative estimate of drug-likeness (QED) is 0.878. The van der Waals surface area contributed by atoms with E-state index in [0.717, 1.165) is 23.1 Å². The van der Waals surface area contributed by atoms with E-state index < -0.39 is 0 Å². The van der Waals surface area contributed by atoms with Crippen molar-refractivity contribution in [3.05, 3.63) is 24.3 Å². The van der Waals surface area contributed by atoms with E-state index in [0.29, 0.717) is 5.25 Å². The van der Waals surface area contributed by atoms with Crippen LogP contribution in [0.4, 0.5) is 5.69 Å². The topological polar surface area (TPSA) is 33.6 Å². The third-order valence-electron chi connectivity index (χ3n) is 2.80. The molecule has 1 unspecified atom stereocenters. The van der Waals surface area contributed by atoms with Crippen LogP contribution in [-0.4, -0.2) is 23.1 Å². The molecule has 1 atom stereocenters. The number of nitrogens with zero attached hydrogens (tertiary/aromatic N) is 1. The van der Waals surface area contributed by atoms with Crippen LogP contribution in [0.2, 0.25) is 0 Å². The third-order valence-corrected chi connectivity index (χ3v) is 3.98. The monoisotopic (exact) mass is 278 g/mol. The van der Waals surface area contributed by atoms with Crippen LogP contribution >= 0.6 is 11.8 Å². The number of thioether (sulfide) groups is 1. The second kappa shape index (κ2) is 6.85. The van der Waals surface area contributed by atoms with Crippen LogP contribution in [0, 0.1) is 0 Å². The fraction of sp³-hybridized carbons (Fsp3) is 0.533. The van der Waals surface area contributed by atoms with Crippen molar-refractivity contribution >= 4 is 22.6 Å². The fourth-order valence-electron chi connectivity index (χ4n) is 1.97. The molecule has 0 saturated carbocycles. The number of aliphatic imine (C=N–C) groups is 1. The van der Waals surface area contributed by atoms with Crippen LogP contribution in [0.5, 0.6) is 5.75 Å². The Morgan fingerprint density at radius 2 is 2.11 bits per heavy atom. The largest absolute Gasteiger partial charge is 0.491 e. The van der Waals surface area contributed by atoms with E-state index in [9.17, 15) is 0 Å². The molecular formula is C15H22N2OS. The molecule has 0 fully saturated rings. The highest BCUT2D eigenvalue weighted by molar-refractivity contribution is 8.15. The van der Waals surface area contributed by atoms with E-state index in [4.69, 9.17) is 4.74 Å². The van der Waals surface area contributed by atoms with Gasteiger partial charge in [-0.2, -0.15) is 0 Å². The lowest BCUT2D eigenvalue weighted by molar-refractivity contribution is 0.242. The second-order valence-corrected chi connectivity index (χ2v) is 6.28. The third kappa shape index (κ3) is 4.46. The van der Waals surface area contributed by atoms with Gasteiger partial charge in [-0.1, -0.05) is 25.1 Å². The van der Waals surface area contributed by atoms with Gasteiger partial charge in [-0.05, 0) is 44.5 Å². The summed E-state index contributed by atoms with van der Waals surface area (Å²) in [7, 11) is 0. The smallest absolute Gasteiger partial charge is 0.161 e. The summed E-state index contributed by atoms with van der Waals surface area (Å²) >= 11 is 1.85. The van der Waals surface area contributed by atoms with E-state index in [1.807, 2.05) is 49.9 Å². The first-order valence-electron chi connectivity index (χ1n) is 6.92. The van der Waals surface area contributed by atoms with Gasteiger partial charge >= 0.3 is 0 Å². The molecule has 0 aliphatic carbocycles. The summed E-state index contributed by atoms with van der Waals surface area (Å²) in [5.41, 5.74) is 1.07. The zero-order valence-corrected chi connectivity index (χ0v) is 12.7. The van der Waals surface area contributed by atoms with Crippen molar-refractivity contribution in [2.45, 2.75) is 45.0 Å². The number of amidine groups is 1. The number of ether oxygens (including phenoxy) is 1. The van der Waals surface area contributed by atoms with Crippen molar-refractivity contribution in [3.8, 4) is 5.75 Å². The molecule has 0 bridgehead atoms. The molecule has 1 aromatic carbocycles. The molecular weight excluding hydrogens is 256 g/mol. The Morgan fingerprint density at radius 3 is 2.74 bits per heavy atom. The summed E-state index contributed by atoms with van der Waals surface area (Å²) < 4.78 is 5.62. The minimum absolute atomic E-state index is 0.211. The number of nitrogens with one attached hydrogen (secondary N) is 1. The number of rotatable bonds is 5. The van der Waals surface area contributed by atoms with Gasteiger partial charge < -0.3 is 10.1 Å². The minimum Gasteiger partial charge on any atom is -0.491 e. The van der Waals surface area contributed by atoms with Gasteiger partial charge in [0.2, 0.25) is 0 Å². The molecule has 19 heavy (non-hydrogen) atoms. The Hall–Kier alpha value is -1.16. The Labute approximate surface area is 119 Å². The lowest BCUT2D eigenvalue weighted by Gasteiger charge is -2.11. The Kier molecular flexibility index (Phi) is 5.14.